The van der Waals surface area contributed by atoms with Crippen molar-refractivity contribution in [2.24, 2.45) is 0 Å². The summed E-state index contributed by atoms with van der Waals surface area (Å²) in [5, 5.41) is 3.05. The summed E-state index contributed by atoms with van der Waals surface area (Å²) < 4.78 is 1.99. The van der Waals surface area contributed by atoms with Crippen LogP contribution in [0.1, 0.15) is 30.0 Å². The molecule has 5 nitrogen and oxygen atoms in total. The molecule has 1 saturated heterocycles. The molecule has 3 heterocycles. The van der Waals surface area contributed by atoms with Gasteiger partial charge in [-0.25, -0.2) is 4.98 Å². The van der Waals surface area contributed by atoms with Gasteiger partial charge in [0.05, 0.1) is 5.69 Å². The highest BCUT2D eigenvalue weighted by Crippen LogP contribution is 2.26. The topological polar surface area (TPSA) is 49.6 Å². The first-order valence-electron chi connectivity index (χ1n) is 9.74. The Bertz CT molecular complexity index is 856. The van der Waals surface area contributed by atoms with Crippen molar-refractivity contribution in [3.63, 3.8) is 0 Å². The monoisotopic (exact) mass is 362 g/mol. The summed E-state index contributed by atoms with van der Waals surface area (Å²) in [4.78, 5) is 19.1. The number of fused-ring (bicyclic) bond motifs is 1. The normalized spacial score (nSPS) is 17.4. The zero-order valence-electron chi connectivity index (χ0n) is 15.6. The lowest BCUT2D eigenvalue weighted by molar-refractivity contribution is -0.121. The molecule has 1 aliphatic heterocycles. The van der Waals surface area contributed by atoms with Gasteiger partial charge in [-0.15, -0.1) is 0 Å². The predicted octanol–water partition coefficient (Wildman–Crippen LogP) is 2.87. The third-order valence-electron chi connectivity index (χ3n) is 5.32. The minimum atomic E-state index is 0.103. The number of carbonyl (C=O) groups is 1. The number of hydrogen-bond acceptors (Lipinski definition) is 3. The SMILES string of the molecule is O=C(CCc1cn2ccccc2n1)NCCN1CCC(c2ccccc2)C1. The number of rotatable bonds is 7. The lowest BCUT2D eigenvalue weighted by atomic mass is 9.99. The Kier molecular flexibility index (Phi) is 5.49. The summed E-state index contributed by atoms with van der Waals surface area (Å²) in [6.07, 6.45) is 6.33. The first kappa shape index (κ1) is 17.7. The molecule has 1 amide bonds. The highest BCUT2D eigenvalue weighted by molar-refractivity contribution is 5.76. The van der Waals surface area contributed by atoms with E-state index in [0.717, 1.165) is 31.0 Å². The quantitative estimate of drug-likeness (QED) is 0.703. The number of nitrogens with zero attached hydrogens (tertiary/aromatic N) is 3. The van der Waals surface area contributed by atoms with Crippen molar-refractivity contribution in [1.82, 2.24) is 19.6 Å². The van der Waals surface area contributed by atoms with E-state index in [9.17, 15) is 4.79 Å². The van der Waals surface area contributed by atoms with E-state index in [0.29, 0.717) is 25.3 Å². The number of imidazole rings is 1. The van der Waals surface area contributed by atoms with E-state index < -0.39 is 0 Å². The average Bonchev–Trinajstić information content (AvgIpc) is 3.34. The first-order chi connectivity index (χ1) is 13.3. The maximum Gasteiger partial charge on any atom is 0.220 e. The second kappa shape index (κ2) is 8.35. The molecular formula is C22H26N4O. The molecule has 1 unspecified atom stereocenters. The summed E-state index contributed by atoms with van der Waals surface area (Å²) in [6, 6.07) is 16.7. The second-order valence-corrected chi connectivity index (χ2v) is 7.25. The van der Waals surface area contributed by atoms with Crippen LogP contribution in [0, 0.1) is 0 Å². The third kappa shape index (κ3) is 4.55. The van der Waals surface area contributed by atoms with Gasteiger partial charge in [-0.05, 0) is 43.0 Å². The zero-order chi connectivity index (χ0) is 18.5. The Morgan fingerprint density at radius 2 is 2.00 bits per heavy atom. The smallest absolute Gasteiger partial charge is 0.220 e. The molecule has 0 saturated carbocycles. The lowest BCUT2D eigenvalue weighted by Gasteiger charge is -2.16. The van der Waals surface area contributed by atoms with Crippen molar-refractivity contribution in [3.8, 4) is 0 Å². The molecule has 5 heteroatoms. The van der Waals surface area contributed by atoms with E-state index in [1.807, 2.05) is 35.0 Å². The average molecular weight is 362 g/mol. The molecule has 1 atom stereocenters. The van der Waals surface area contributed by atoms with E-state index in [-0.39, 0.29) is 5.91 Å². The minimum Gasteiger partial charge on any atom is -0.355 e. The summed E-state index contributed by atoms with van der Waals surface area (Å²) >= 11 is 0. The molecule has 27 heavy (non-hydrogen) atoms. The highest BCUT2D eigenvalue weighted by Gasteiger charge is 2.23. The van der Waals surface area contributed by atoms with Crippen LogP contribution in [-0.2, 0) is 11.2 Å². The maximum atomic E-state index is 12.1. The van der Waals surface area contributed by atoms with E-state index in [2.05, 4.69) is 45.5 Å². The van der Waals surface area contributed by atoms with Crippen molar-refractivity contribution in [2.45, 2.75) is 25.2 Å². The summed E-state index contributed by atoms with van der Waals surface area (Å²) in [7, 11) is 0. The summed E-state index contributed by atoms with van der Waals surface area (Å²) in [6.45, 7) is 3.83. The number of aromatic nitrogens is 2. The molecule has 3 aromatic rings. The van der Waals surface area contributed by atoms with Crippen LogP contribution in [0.4, 0.5) is 0 Å². The molecule has 1 N–H and O–H groups in total. The van der Waals surface area contributed by atoms with Gasteiger partial charge in [-0.2, -0.15) is 0 Å². The number of likely N-dealkylation sites (tertiary alicyclic amines) is 1. The van der Waals surface area contributed by atoms with Crippen LogP contribution < -0.4 is 5.32 Å². The van der Waals surface area contributed by atoms with Crippen LogP contribution >= 0.6 is 0 Å². The fourth-order valence-corrected chi connectivity index (χ4v) is 3.82. The van der Waals surface area contributed by atoms with Crippen LogP contribution in [0.25, 0.3) is 5.65 Å². The number of amides is 1. The number of carbonyl (C=O) groups excluding carboxylic acids is 1. The Hall–Kier alpha value is -2.66. The van der Waals surface area contributed by atoms with Crippen LogP contribution in [0.3, 0.4) is 0 Å². The van der Waals surface area contributed by atoms with Gasteiger partial charge in [-0.1, -0.05) is 36.4 Å². The summed E-state index contributed by atoms with van der Waals surface area (Å²) in [5.41, 5.74) is 3.31. The standard InChI is InChI=1S/C22H26N4O/c27-22(10-9-20-17-26-13-5-4-8-21(26)24-20)23-12-15-25-14-11-19(16-25)18-6-2-1-3-7-18/h1-8,13,17,19H,9-12,14-16H2,(H,23,27). The molecular weight excluding hydrogens is 336 g/mol. The van der Waals surface area contributed by atoms with Gasteiger partial charge in [0, 0.05) is 38.4 Å². The van der Waals surface area contributed by atoms with Gasteiger partial charge in [0.1, 0.15) is 5.65 Å². The van der Waals surface area contributed by atoms with Crippen LogP contribution in [-0.4, -0.2) is 46.4 Å². The molecule has 1 aliphatic rings. The van der Waals surface area contributed by atoms with Crippen molar-refractivity contribution in [3.05, 3.63) is 72.2 Å². The fourth-order valence-electron chi connectivity index (χ4n) is 3.82. The number of hydrogen-bond donors (Lipinski definition) is 1. The Labute approximate surface area is 160 Å². The summed E-state index contributed by atoms with van der Waals surface area (Å²) in [5.74, 6) is 0.725. The molecule has 0 spiro atoms. The molecule has 1 aromatic carbocycles. The van der Waals surface area contributed by atoms with Gasteiger partial charge in [0.25, 0.3) is 0 Å². The van der Waals surface area contributed by atoms with Gasteiger partial charge < -0.3 is 14.6 Å². The number of pyridine rings is 1. The highest BCUT2D eigenvalue weighted by atomic mass is 16.1. The Morgan fingerprint density at radius 1 is 1.15 bits per heavy atom. The van der Waals surface area contributed by atoms with Crippen molar-refractivity contribution >= 4 is 11.6 Å². The van der Waals surface area contributed by atoms with Crippen LogP contribution in [0.15, 0.2) is 60.9 Å². The molecule has 0 radical (unpaired) electrons. The van der Waals surface area contributed by atoms with E-state index in [1.165, 1.54) is 12.0 Å². The van der Waals surface area contributed by atoms with Gasteiger partial charge >= 0.3 is 0 Å². The van der Waals surface area contributed by atoms with E-state index >= 15 is 0 Å². The molecule has 4 rings (SSSR count). The van der Waals surface area contributed by atoms with E-state index in [4.69, 9.17) is 0 Å². The largest absolute Gasteiger partial charge is 0.355 e. The first-order valence-corrected chi connectivity index (χ1v) is 9.74. The third-order valence-corrected chi connectivity index (χ3v) is 5.32. The molecule has 0 bridgehead atoms. The molecule has 140 valence electrons. The number of nitrogens with one attached hydrogen (secondary N) is 1. The predicted molar refractivity (Wildman–Crippen MR) is 107 cm³/mol. The van der Waals surface area contributed by atoms with Gasteiger partial charge in [0.2, 0.25) is 5.91 Å². The van der Waals surface area contributed by atoms with E-state index in [1.54, 1.807) is 0 Å². The lowest BCUT2D eigenvalue weighted by Crippen LogP contribution is -2.33. The second-order valence-electron chi connectivity index (χ2n) is 7.25. The van der Waals surface area contributed by atoms with Gasteiger partial charge in [0.15, 0.2) is 0 Å². The molecule has 2 aromatic heterocycles. The van der Waals surface area contributed by atoms with Gasteiger partial charge in [-0.3, -0.25) is 4.79 Å². The Balaban J connectivity index is 1.17. The molecule has 0 aliphatic carbocycles. The fraction of sp³-hybridized carbons (Fsp3) is 0.364. The van der Waals surface area contributed by atoms with Crippen LogP contribution in [0.5, 0.6) is 0 Å². The van der Waals surface area contributed by atoms with Crippen molar-refractivity contribution < 1.29 is 4.79 Å². The number of benzene rings is 1. The zero-order valence-corrected chi connectivity index (χ0v) is 15.6. The van der Waals surface area contributed by atoms with Crippen molar-refractivity contribution in [1.29, 1.82) is 0 Å². The van der Waals surface area contributed by atoms with Crippen LogP contribution in [0.2, 0.25) is 0 Å². The maximum absolute atomic E-state index is 12.1. The Morgan fingerprint density at radius 3 is 2.85 bits per heavy atom. The molecule has 1 fully saturated rings. The number of aryl methyl sites for hydroxylation is 1. The minimum absolute atomic E-state index is 0.103. The van der Waals surface area contributed by atoms with Crippen molar-refractivity contribution in [2.75, 3.05) is 26.2 Å².